The number of morpholine rings is 1. The minimum absolute atomic E-state index is 0.0258. The van der Waals surface area contributed by atoms with Gasteiger partial charge in [0.2, 0.25) is 0 Å². The summed E-state index contributed by atoms with van der Waals surface area (Å²) in [6.07, 6.45) is -1.93. The molecule has 1 amide bonds. The highest BCUT2D eigenvalue weighted by Gasteiger charge is 2.39. The first kappa shape index (κ1) is 21.2. The van der Waals surface area contributed by atoms with Crippen LogP contribution in [0.5, 0.6) is 0 Å². The number of carbonyl (C=O) groups is 1. The summed E-state index contributed by atoms with van der Waals surface area (Å²) in [7, 11) is 0. The Bertz CT molecular complexity index is 1060. The molecule has 0 spiro atoms. The molecule has 13 heteroatoms. The normalized spacial score (nSPS) is 15.7. The van der Waals surface area contributed by atoms with Crippen LogP contribution in [-0.4, -0.2) is 63.1 Å². The van der Waals surface area contributed by atoms with Gasteiger partial charge in [-0.2, -0.15) is 13.2 Å². The summed E-state index contributed by atoms with van der Waals surface area (Å²) in [5.74, 6) is -0.302. The van der Waals surface area contributed by atoms with Gasteiger partial charge in [0.1, 0.15) is 18.2 Å². The van der Waals surface area contributed by atoms with E-state index < -0.39 is 18.1 Å². The molecule has 4 heterocycles. The summed E-state index contributed by atoms with van der Waals surface area (Å²) >= 11 is 1.06. The molecule has 1 atom stereocenters. The highest BCUT2D eigenvalue weighted by atomic mass is 32.1. The number of pyridine rings is 1. The highest BCUT2D eigenvalue weighted by molar-refractivity contribution is 7.13. The number of anilines is 2. The molecule has 0 saturated carbocycles. The first-order chi connectivity index (χ1) is 14.8. The number of alkyl halides is 3. The molecule has 4 rings (SSSR count). The lowest BCUT2D eigenvalue weighted by Crippen LogP contribution is -2.37. The van der Waals surface area contributed by atoms with Crippen molar-refractivity contribution in [2.24, 2.45) is 0 Å². The summed E-state index contributed by atoms with van der Waals surface area (Å²) in [6, 6.07) is 1.74. The van der Waals surface area contributed by atoms with Crippen LogP contribution in [0.1, 0.15) is 23.5 Å². The number of amides is 1. The number of rotatable bonds is 5. The van der Waals surface area contributed by atoms with Crippen molar-refractivity contribution in [1.82, 2.24) is 24.7 Å². The number of ether oxygens (including phenoxy) is 1. The number of halogens is 3. The van der Waals surface area contributed by atoms with Crippen molar-refractivity contribution in [3.63, 3.8) is 0 Å². The van der Waals surface area contributed by atoms with E-state index in [2.05, 4.69) is 25.5 Å². The second-order valence-electron chi connectivity index (χ2n) is 6.74. The SMILES string of the molecule is CC(n1cnnc1-c1nc(NC(=O)c2ncccc2N2CCOCC2)cs1)C(F)(F)F. The first-order valence-corrected chi connectivity index (χ1v) is 10.2. The van der Waals surface area contributed by atoms with Crippen LogP contribution in [0.4, 0.5) is 24.7 Å². The van der Waals surface area contributed by atoms with Gasteiger partial charge in [0, 0.05) is 24.7 Å². The van der Waals surface area contributed by atoms with E-state index in [0.29, 0.717) is 32.0 Å². The molecule has 1 saturated heterocycles. The van der Waals surface area contributed by atoms with Crippen LogP contribution in [-0.2, 0) is 4.74 Å². The van der Waals surface area contributed by atoms with E-state index in [-0.39, 0.29) is 22.3 Å². The second-order valence-corrected chi connectivity index (χ2v) is 7.60. The topological polar surface area (TPSA) is 98.1 Å². The smallest absolute Gasteiger partial charge is 0.378 e. The third kappa shape index (κ3) is 4.51. The Morgan fingerprint density at radius 3 is 2.84 bits per heavy atom. The van der Waals surface area contributed by atoms with Gasteiger partial charge in [-0.3, -0.25) is 9.36 Å². The quantitative estimate of drug-likeness (QED) is 0.634. The summed E-state index contributed by atoms with van der Waals surface area (Å²) in [4.78, 5) is 23.3. The molecule has 1 aliphatic heterocycles. The maximum atomic E-state index is 13.1. The molecule has 1 fully saturated rings. The molecule has 164 valence electrons. The summed E-state index contributed by atoms with van der Waals surface area (Å²) in [6.45, 7) is 3.40. The summed E-state index contributed by atoms with van der Waals surface area (Å²) in [5.41, 5.74) is 0.908. The average Bonchev–Trinajstić information content (AvgIpc) is 3.42. The molecule has 1 aliphatic rings. The number of nitrogens with zero attached hydrogens (tertiary/aromatic N) is 6. The third-order valence-corrected chi connectivity index (χ3v) is 5.59. The Morgan fingerprint density at radius 1 is 1.32 bits per heavy atom. The van der Waals surface area contributed by atoms with E-state index >= 15 is 0 Å². The van der Waals surface area contributed by atoms with Gasteiger partial charge in [0.15, 0.2) is 16.5 Å². The number of thiazole rings is 1. The Kier molecular flexibility index (Phi) is 5.87. The predicted octanol–water partition coefficient (Wildman–Crippen LogP) is 3.01. The molecule has 3 aromatic rings. The molecule has 9 nitrogen and oxygen atoms in total. The van der Waals surface area contributed by atoms with E-state index in [0.717, 1.165) is 29.2 Å². The van der Waals surface area contributed by atoms with E-state index in [1.807, 2.05) is 4.90 Å². The summed E-state index contributed by atoms with van der Waals surface area (Å²) < 4.78 is 45.5. The Hall–Kier alpha value is -3.06. The third-order valence-electron chi connectivity index (χ3n) is 4.75. The van der Waals surface area contributed by atoms with Crippen LogP contribution in [0.25, 0.3) is 10.8 Å². The molecule has 1 unspecified atom stereocenters. The number of aromatic nitrogens is 5. The molecule has 3 aromatic heterocycles. The molecule has 0 aromatic carbocycles. The van der Waals surface area contributed by atoms with E-state index in [9.17, 15) is 18.0 Å². The van der Waals surface area contributed by atoms with Crippen LogP contribution in [0, 0.1) is 0 Å². The van der Waals surface area contributed by atoms with Crippen molar-refractivity contribution in [3.8, 4) is 10.8 Å². The fraction of sp³-hybridized carbons (Fsp3) is 0.389. The monoisotopic (exact) mass is 453 g/mol. The zero-order chi connectivity index (χ0) is 22.0. The highest BCUT2D eigenvalue weighted by Crippen LogP contribution is 2.34. The number of nitrogens with one attached hydrogen (secondary N) is 1. The molecule has 0 radical (unpaired) electrons. The molecular formula is C18H18F3N7O2S. The van der Waals surface area contributed by atoms with Gasteiger partial charge in [-0.05, 0) is 19.1 Å². The van der Waals surface area contributed by atoms with Gasteiger partial charge in [-0.1, -0.05) is 0 Å². The molecule has 0 bridgehead atoms. The van der Waals surface area contributed by atoms with Crippen molar-refractivity contribution in [2.75, 3.05) is 36.5 Å². The predicted molar refractivity (Wildman–Crippen MR) is 107 cm³/mol. The summed E-state index contributed by atoms with van der Waals surface area (Å²) in [5, 5.41) is 11.7. The van der Waals surface area contributed by atoms with Crippen LogP contribution in [0.3, 0.4) is 0 Å². The largest absolute Gasteiger partial charge is 0.408 e. The van der Waals surface area contributed by atoms with E-state index in [1.165, 1.54) is 11.6 Å². The first-order valence-electron chi connectivity index (χ1n) is 9.36. The van der Waals surface area contributed by atoms with Crippen LogP contribution < -0.4 is 10.2 Å². The zero-order valence-electron chi connectivity index (χ0n) is 16.3. The Labute approximate surface area is 178 Å². The van der Waals surface area contributed by atoms with Gasteiger partial charge in [-0.15, -0.1) is 21.5 Å². The van der Waals surface area contributed by atoms with Gasteiger partial charge < -0.3 is 15.0 Å². The van der Waals surface area contributed by atoms with Crippen molar-refractivity contribution in [2.45, 2.75) is 19.1 Å². The molecule has 0 aliphatic carbocycles. The lowest BCUT2D eigenvalue weighted by molar-refractivity contribution is -0.162. The van der Waals surface area contributed by atoms with Crippen molar-refractivity contribution in [3.05, 3.63) is 35.7 Å². The van der Waals surface area contributed by atoms with E-state index in [4.69, 9.17) is 4.74 Å². The van der Waals surface area contributed by atoms with Gasteiger partial charge in [0.05, 0.1) is 18.9 Å². The minimum atomic E-state index is -4.46. The lowest BCUT2D eigenvalue weighted by Gasteiger charge is -2.29. The maximum absolute atomic E-state index is 13.1. The average molecular weight is 453 g/mol. The second kappa shape index (κ2) is 8.59. The van der Waals surface area contributed by atoms with E-state index in [1.54, 1.807) is 12.1 Å². The van der Waals surface area contributed by atoms with Crippen molar-refractivity contribution < 1.29 is 22.7 Å². The molecule has 31 heavy (non-hydrogen) atoms. The number of hydrogen-bond acceptors (Lipinski definition) is 8. The van der Waals surface area contributed by atoms with Gasteiger partial charge in [-0.25, -0.2) is 9.97 Å². The lowest BCUT2D eigenvalue weighted by atomic mass is 10.2. The van der Waals surface area contributed by atoms with Crippen LogP contribution in [0.2, 0.25) is 0 Å². The van der Waals surface area contributed by atoms with Crippen LogP contribution in [0.15, 0.2) is 30.0 Å². The Balaban J connectivity index is 1.54. The zero-order valence-corrected chi connectivity index (χ0v) is 17.2. The molecule has 1 N–H and O–H groups in total. The maximum Gasteiger partial charge on any atom is 0.408 e. The fourth-order valence-corrected chi connectivity index (χ4v) is 3.81. The number of hydrogen-bond donors (Lipinski definition) is 1. The number of carbonyl (C=O) groups excluding carboxylic acids is 1. The fourth-order valence-electron chi connectivity index (χ4n) is 3.08. The van der Waals surface area contributed by atoms with Gasteiger partial charge in [0.25, 0.3) is 5.91 Å². The van der Waals surface area contributed by atoms with Crippen molar-refractivity contribution in [1.29, 1.82) is 0 Å². The minimum Gasteiger partial charge on any atom is -0.378 e. The Morgan fingerprint density at radius 2 is 2.10 bits per heavy atom. The van der Waals surface area contributed by atoms with Crippen LogP contribution >= 0.6 is 11.3 Å². The molecular weight excluding hydrogens is 435 g/mol. The standard InChI is InChI=1S/C18H18F3N7O2S/c1-11(18(19,20)21)28-10-23-26-15(28)17-25-13(9-31-17)24-16(29)14-12(3-2-4-22-14)27-5-7-30-8-6-27/h2-4,9-11H,5-8H2,1H3,(H,24,29). The van der Waals surface area contributed by atoms with Crippen molar-refractivity contribution >= 4 is 28.7 Å². The van der Waals surface area contributed by atoms with Gasteiger partial charge >= 0.3 is 6.18 Å².